The molecule has 1 heterocycles. The summed E-state index contributed by atoms with van der Waals surface area (Å²) >= 11 is 5.96. The minimum Gasteiger partial charge on any atom is -0.343 e. The van der Waals surface area contributed by atoms with Gasteiger partial charge in [0.05, 0.1) is 17.4 Å². The van der Waals surface area contributed by atoms with Crippen molar-refractivity contribution in [1.82, 2.24) is 15.1 Å². The van der Waals surface area contributed by atoms with Gasteiger partial charge in [-0.15, -0.1) is 0 Å². The van der Waals surface area contributed by atoms with Crippen molar-refractivity contribution in [3.63, 3.8) is 0 Å². The van der Waals surface area contributed by atoms with E-state index in [9.17, 15) is 22.8 Å². The molecule has 0 aliphatic carbocycles. The molecule has 6 nitrogen and oxygen atoms in total. The lowest BCUT2D eigenvalue weighted by Gasteiger charge is -2.11. The Balaban J connectivity index is 1.74. The summed E-state index contributed by atoms with van der Waals surface area (Å²) in [5.41, 5.74) is 1.85. The van der Waals surface area contributed by atoms with Crippen LogP contribution in [0, 0.1) is 6.92 Å². The van der Waals surface area contributed by atoms with Crippen molar-refractivity contribution in [1.29, 1.82) is 0 Å². The molecule has 2 N–H and O–H groups in total. The van der Waals surface area contributed by atoms with Crippen LogP contribution in [0.25, 0.3) is 5.69 Å². The van der Waals surface area contributed by atoms with Gasteiger partial charge in [0, 0.05) is 22.5 Å². The first-order chi connectivity index (χ1) is 14.1. The average molecular weight is 437 g/mol. The van der Waals surface area contributed by atoms with Crippen molar-refractivity contribution >= 4 is 29.1 Å². The first-order valence-corrected chi connectivity index (χ1v) is 9.08. The number of rotatable bonds is 5. The Hall–Kier alpha value is -3.33. The third-order valence-corrected chi connectivity index (χ3v) is 4.35. The number of carbonyl (C=O) groups is 2. The van der Waals surface area contributed by atoms with Gasteiger partial charge in [-0.05, 0) is 42.8 Å². The monoisotopic (exact) mass is 436 g/mol. The minimum absolute atomic E-state index is 0.00484. The zero-order chi connectivity index (χ0) is 21.9. The first-order valence-electron chi connectivity index (χ1n) is 8.70. The molecule has 0 bridgehead atoms. The molecule has 0 aliphatic rings. The first kappa shape index (κ1) is 21.4. The third kappa shape index (κ3) is 5.38. The SMILES string of the molecule is Cc1ccc(C(=O)NCC(F)(F)F)cc1NC(=O)c1cnn(-c2cccc(Cl)c2)c1. The van der Waals surface area contributed by atoms with Crippen LogP contribution in [0.3, 0.4) is 0 Å². The molecule has 0 atom stereocenters. The number of benzene rings is 2. The lowest BCUT2D eigenvalue weighted by atomic mass is 10.1. The number of alkyl halides is 3. The van der Waals surface area contributed by atoms with Crippen molar-refractivity contribution in [3.8, 4) is 5.69 Å². The summed E-state index contributed by atoms with van der Waals surface area (Å²) < 4.78 is 38.4. The Morgan fingerprint density at radius 3 is 2.57 bits per heavy atom. The van der Waals surface area contributed by atoms with Crippen LogP contribution in [0.15, 0.2) is 54.9 Å². The molecule has 1 aromatic heterocycles. The second kappa shape index (κ2) is 8.58. The lowest BCUT2D eigenvalue weighted by Crippen LogP contribution is -2.33. The highest BCUT2D eigenvalue weighted by atomic mass is 35.5. The highest BCUT2D eigenvalue weighted by Crippen LogP contribution is 2.20. The van der Waals surface area contributed by atoms with Crippen LogP contribution in [0.2, 0.25) is 5.02 Å². The third-order valence-electron chi connectivity index (χ3n) is 4.11. The van der Waals surface area contributed by atoms with E-state index in [0.29, 0.717) is 22.0 Å². The van der Waals surface area contributed by atoms with E-state index in [0.717, 1.165) is 0 Å². The standard InChI is InChI=1S/C20H16ClF3N4O2/c1-12-5-6-13(18(29)25-11-20(22,23)24)7-17(12)27-19(30)14-9-26-28(10-14)16-4-2-3-15(21)8-16/h2-10H,11H2,1H3,(H,25,29)(H,27,30). The molecule has 2 aromatic carbocycles. The Morgan fingerprint density at radius 1 is 1.10 bits per heavy atom. The van der Waals surface area contributed by atoms with Crippen LogP contribution in [0.5, 0.6) is 0 Å². The second-order valence-electron chi connectivity index (χ2n) is 6.44. The van der Waals surface area contributed by atoms with E-state index in [1.54, 1.807) is 36.5 Å². The van der Waals surface area contributed by atoms with E-state index >= 15 is 0 Å². The van der Waals surface area contributed by atoms with Crippen molar-refractivity contribution in [2.24, 2.45) is 0 Å². The molecule has 0 radical (unpaired) electrons. The maximum absolute atomic E-state index is 12.6. The quantitative estimate of drug-likeness (QED) is 0.623. The van der Waals surface area contributed by atoms with Gasteiger partial charge in [0.1, 0.15) is 6.54 Å². The topological polar surface area (TPSA) is 76.0 Å². The summed E-state index contributed by atoms with van der Waals surface area (Å²) in [6.45, 7) is 0.256. The van der Waals surface area contributed by atoms with Gasteiger partial charge in [-0.2, -0.15) is 18.3 Å². The number of aryl methyl sites for hydroxylation is 1. The van der Waals surface area contributed by atoms with Crippen LogP contribution in [-0.2, 0) is 0 Å². The maximum Gasteiger partial charge on any atom is 0.405 e. The van der Waals surface area contributed by atoms with E-state index in [-0.39, 0.29) is 11.1 Å². The van der Waals surface area contributed by atoms with E-state index in [4.69, 9.17) is 11.6 Å². The number of aromatic nitrogens is 2. The number of halogens is 4. The van der Waals surface area contributed by atoms with Crippen LogP contribution < -0.4 is 10.6 Å². The number of anilines is 1. The highest BCUT2D eigenvalue weighted by Gasteiger charge is 2.28. The second-order valence-corrected chi connectivity index (χ2v) is 6.87. The molecular formula is C20H16ClF3N4O2. The zero-order valence-corrected chi connectivity index (χ0v) is 16.4. The highest BCUT2D eigenvalue weighted by molar-refractivity contribution is 6.30. The smallest absolute Gasteiger partial charge is 0.343 e. The summed E-state index contributed by atoms with van der Waals surface area (Å²) in [5.74, 6) is -1.38. The largest absolute Gasteiger partial charge is 0.405 e. The van der Waals surface area contributed by atoms with Crippen molar-refractivity contribution in [2.75, 3.05) is 11.9 Å². The minimum atomic E-state index is -4.51. The van der Waals surface area contributed by atoms with Gasteiger partial charge in [-0.3, -0.25) is 9.59 Å². The fraction of sp³-hybridized carbons (Fsp3) is 0.150. The molecular weight excluding hydrogens is 421 g/mol. The molecule has 3 rings (SSSR count). The van der Waals surface area contributed by atoms with Gasteiger partial charge in [0.25, 0.3) is 11.8 Å². The lowest BCUT2D eigenvalue weighted by molar-refractivity contribution is -0.123. The number of hydrogen-bond donors (Lipinski definition) is 2. The van der Waals surface area contributed by atoms with E-state index < -0.39 is 24.5 Å². The van der Waals surface area contributed by atoms with Crippen molar-refractivity contribution < 1.29 is 22.8 Å². The van der Waals surface area contributed by atoms with Crippen molar-refractivity contribution in [2.45, 2.75) is 13.1 Å². The zero-order valence-electron chi connectivity index (χ0n) is 15.6. The normalized spacial score (nSPS) is 11.2. The summed E-state index contributed by atoms with van der Waals surface area (Å²) in [6.07, 6.45) is -1.64. The summed E-state index contributed by atoms with van der Waals surface area (Å²) in [5, 5.41) is 9.10. The van der Waals surface area contributed by atoms with Crippen LogP contribution in [0.1, 0.15) is 26.3 Å². The van der Waals surface area contributed by atoms with Gasteiger partial charge < -0.3 is 10.6 Å². The molecule has 30 heavy (non-hydrogen) atoms. The number of nitrogens with zero attached hydrogens (tertiary/aromatic N) is 2. The van der Waals surface area contributed by atoms with Crippen LogP contribution >= 0.6 is 11.6 Å². The Labute approximate surface area is 174 Å². The summed E-state index contributed by atoms with van der Waals surface area (Å²) in [6, 6.07) is 11.2. The number of hydrogen-bond acceptors (Lipinski definition) is 3. The van der Waals surface area contributed by atoms with Crippen LogP contribution in [-0.4, -0.2) is 34.3 Å². The Bertz CT molecular complexity index is 1100. The maximum atomic E-state index is 12.6. The average Bonchev–Trinajstić information content (AvgIpc) is 3.17. The van der Waals surface area contributed by atoms with Gasteiger partial charge >= 0.3 is 6.18 Å². The fourth-order valence-corrected chi connectivity index (χ4v) is 2.76. The molecule has 156 valence electrons. The molecule has 0 aliphatic heterocycles. The van der Waals surface area contributed by atoms with Gasteiger partial charge in [-0.25, -0.2) is 4.68 Å². The number of amides is 2. The van der Waals surface area contributed by atoms with Gasteiger partial charge in [-0.1, -0.05) is 23.7 Å². The van der Waals surface area contributed by atoms with E-state index in [2.05, 4.69) is 10.4 Å². The molecule has 0 fully saturated rings. The molecule has 2 amide bonds. The summed E-state index contributed by atoms with van der Waals surface area (Å²) in [7, 11) is 0. The number of carbonyl (C=O) groups excluding carboxylic acids is 2. The Kier molecular flexibility index (Phi) is 6.12. The van der Waals surface area contributed by atoms with Gasteiger partial charge in [0.2, 0.25) is 0 Å². The molecule has 0 spiro atoms. The van der Waals surface area contributed by atoms with E-state index in [1.165, 1.54) is 35.3 Å². The molecule has 0 unspecified atom stereocenters. The van der Waals surface area contributed by atoms with E-state index in [1.807, 2.05) is 0 Å². The van der Waals surface area contributed by atoms with Gasteiger partial charge in [0.15, 0.2) is 0 Å². The molecule has 0 saturated carbocycles. The Morgan fingerprint density at radius 2 is 1.87 bits per heavy atom. The summed E-state index contributed by atoms with van der Waals surface area (Å²) in [4.78, 5) is 24.5. The molecule has 10 heteroatoms. The molecule has 3 aromatic rings. The predicted octanol–water partition coefficient (Wildman–Crippen LogP) is 4.38. The predicted molar refractivity (Wildman–Crippen MR) is 106 cm³/mol. The molecule has 0 saturated heterocycles. The number of nitrogens with one attached hydrogen (secondary N) is 2. The van der Waals surface area contributed by atoms with Crippen molar-refractivity contribution in [3.05, 3.63) is 76.6 Å². The van der Waals surface area contributed by atoms with Crippen LogP contribution in [0.4, 0.5) is 18.9 Å². The fourth-order valence-electron chi connectivity index (χ4n) is 2.57.